The Morgan fingerprint density at radius 1 is 1.13 bits per heavy atom. The van der Waals surface area contributed by atoms with Crippen LogP contribution < -0.4 is 14.5 Å². The van der Waals surface area contributed by atoms with E-state index in [1.807, 2.05) is 30.0 Å². The van der Waals surface area contributed by atoms with Crippen molar-refractivity contribution >= 4 is 35.1 Å². The van der Waals surface area contributed by atoms with E-state index in [-0.39, 0.29) is 23.9 Å². The minimum absolute atomic E-state index is 0.0882. The van der Waals surface area contributed by atoms with Crippen molar-refractivity contribution in [1.29, 1.82) is 0 Å². The molecule has 2 aliphatic rings. The maximum Gasteiger partial charge on any atom is 0.336 e. The van der Waals surface area contributed by atoms with Gasteiger partial charge in [0.25, 0.3) is 5.91 Å². The molecule has 0 saturated heterocycles. The zero-order valence-corrected chi connectivity index (χ0v) is 21.6. The molecule has 3 aromatic rings. The maximum atomic E-state index is 13.4. The molecule has 0 bridgehead atoms. The number of carbonyl (C=O) groups excluding carboxylic acids is 2. The third kappa shape index (κ3) is 4.42. The molecule has 1 aromatic carbocycles. The number of nitrogens with zero attached hydrogens (tertiary/aromatic N) is 5. The molecule has 10 nitrogen and oxygen atoms in total. The van der Waals surface area contributed by atoms with Crippen LogP contribution in [-0.2, 0) is 24.2 Å². The molecule has 196 valence electrons. The summed E-state index contributed by atoms with van der Waals surface area (Å²) in [7, 11) is 1.73. The molecule has 2 amide bonds. The number of benzene rings is 1. The van der Waals surface area contributed by atoms with Gasteiger partial charge in [0, 0.05) is 58.0 Å². The highest BCUT2D eigenvalue weighted by Crippen LogP contribution is 2.37. The second kappa shape index (κ2) is 10.1. The summed E-state index contributed by atoms with van der Waals surface area (Å²) in [5.41, 5.74) is 3.69. The lowest BCUT2D eigenvalue weighted by molar-refractivity contribution is -0.129. The van der Waals surface area contributed by atoms with Gasteiger partial charge in [-0.3, -0.25) is 9.59 Å². The first kappa shape index (κ1) is 25.2. The van der Waals surface area contributed by atoms with Gasteiger partial charge in [0.05, 0.1) is 23.4 Å². The first-order chi connectivity index (χ1) is 18.3. The van der Waals surface area contributed by atoms with Crippen molar-refractivity contribution in [3.05, 3.63) is 70.5 Å². The molecule has 10 heteroatoms. The van der Waals surface area contributed by atoms with Crippen molar-refractivity contribution in [1.82, 2.24) is 14.9 Å². The molecule has 1 N–H and O–H groups in total. The van der Waals surface area contributed by atoms with Crippen LogP contribution in [0.15, 0.2) is 42.7 Å². The predicted molar refractivity (Wildman–Crippen MR) is 141 cm³/mol. The second-order valence-electron chi connectivity index (χ2n) is 9.33. The SMILES string of the molecule is CCN1c2ncc(CCOc3ccc(C(=O)O)c4c3CCN(C(C)=O)C4)cc2C(=O)N(C)c2cccnc21. The van der Waals surface area contributed by atoms with Crippen molar-refractivity contribution < 1.29 is 24.2 Å². The average Bonchev–Trinajstić information content (AvgIpc) is 3.01. The molecular formula is C28H29N5O5. The smallest absolute Gasteiger partial charge is 0.336 e. The van der Waals surface area contributed by atoms with E-state index >= 15 is 0 Å². The Kier molecular flexibility index (Phi) is 6.71. The largest absolute Gasteiger partial charge is 0.493 e. The zero-order valence-electron chi connectivity index (χ0n) is 21.6. The minimum Gasteiger partial charge on any atom is -0.493 e. The summed E-state index contributed by atoms with van der Waals surface area (Å²) in [6.07, 6.45) is 4.48. The van der Waals surface area contributed by atoms with Crippen LogP contribution in [-0.4, -0.2) is 64.5 Å². The number of rotatable bonds is 6. The number of carboxylic acid groups (broad SMARTS) is 1. The topological polar surface area (TPSA) is 116 Å². The lowest BCUT2D eigenvalue weighted by atomic mass is 9.93. The molecule has 4 heterocycles. The summed E-state index contributed by atoms with van der Waals surface area (Å²) >= 11 is 0. The van der Waals surface area contributed by atoms with Gasteiger partial charge in [-0.25, -0.2) is 14.8 Å². The Morgan fingerprint density at radius 2 is 1.95 bits per heavy atom. The number of hydrogen-bond donors (Lipinski definition) is 1. The van der Waals surface area contributed by atoms with E-state index in [4.69, 9.17) is 4.74 Å². The highest BCUT2D eigenvalue weighted by atomic mass is 16.5. The number of aromatic carboxylic acids is 1. The summed E-state index contributed by atoms with van der Waals surface area (Å²) in [6.45, 7) is 5.16. The van der Waals surface area contributed by atoms with Crippen molar-refractivity contribution in [2.45, 2.75) is 33.2 Å². The van der Waals surface area contributed by atoms with Gasteiger partial charge in [0.2, 0.25) is 5.91 Å². The number of aromatic nitrogens is 2. The number of fused-ring (bicyclic) bond motifs is 3. The Hall–Kier alpha value is -4.47. The van der Waals surface area contributed by atoms with Crippen molar-refractivity contribution in [3.63, 3.8) is 0 Å². The fourth-order valence-corrected chi connectivity index (χ4v) is 5.08. The molecule has 0 atom stereocenters. The van der Waals surface area contributed by atoms with Crippen LogP contribution in [0.5, 0.6) is 5.75 Å². The van der Waals surface area contributed by atoms with Crippen LogP contribution in [0.25, 0.3) is 0 Å². The lowest BCUT2D eigenvalue weighted by Gasteiger charge is -2.30. The molecule has 0 fully saturated rings. The van der Waals surface area contributed by atoms with Crippen molar-refractivity contribution in [3.8, 4) is 5.75 Å². The molecule has 0 radical (unpaired) electrons. The quantitative estimate of drug-likeness (QED) is 0.531. The molecule has 38 heavy (non-hydrogen) atoms. The van der Waals surface area contributed by atoms with Crippen molar-refractivity contribution in [2.24, 2.45) is 0 Å². The average molecular weight is 516 g/mol. The van der Waals surface area contributed by atoms with Gasteiger partial charge < -0.3 is 24.5 Å². The number of amides is 2. The molecule has 0 saturated carbocycles. The summed E-state index contributed by atoms with van der Waals surface area (Å²) < 4.78 is 6.11. The van der Waals surface area contributed by atoms with Crippen LogP contribution in [0.1, 0.15) is 51.3 Å². The van der Waals surface area contributed by atoms with E-state index in [0.717, 1.165) is 16.8 Å². The molecule has 2 aromatic heterocycles. The van der Waals surface area contributed by atoms with Crippen LogP contribution in [0, 0.1) is 0 Å². The number of hydrogen-bond acceptors (Lipinski definition) is 7. The third-order valence-electron chi connectivity index (χ3n) is 7.11. The fourth-order valence-electron chi connectivity index (χ4n) is 5.08. The van der Waals surface area contributed by atoms with Crippen LogP contribution in [0.3, 0.4) is 0 Å². The molecule has 5 rings (SSSR count). The van der Waals surface area contributed by atoms with Crippen LogP contribution in [0.4, 0.5) is 17.3 Å². The second-order valence-corrected chi connectivity index (χ2v) is 9.33. The Balaban J connectivity index is 1.37. The van der Waals surface area contributed by atoms with Crippen LogP contribution in [0.2, 0.25) is 0 Å². The summed E-state index contributed by atoms with van der Waals surface area (Å²) in [5, 5.41) is 9.64. The molecule has 0 spiro atoms. The standard InChI is InChI=1S/C28H29N5O5/c1-4-33-25-21(27(35)31(3)23-6-5-11-29-26(23)33)14-18(15-30-25)10-13-38-24-8-7-20(28(36)37)22-16-32(17(2)34)12-9-19(22)24/h5-8,11,14-15H,4,9-10,12-13,16H2,1-3H3,(H,36,37). The summed E-state index contributed by atoms with van der Waals surface area (Å²) in [5.74, 6) is 0.599. The predicted octanol–water partition coefficient (Wildman–Crippen LogP) is 3.45. The summed E-state index contributed by atoms with van der Waals surface area (Å²) in [6, 6.07) is 8.75. The van der Waals surface area contributed by atoms with E-state index in [1.54, 1.807) is 35.3 Å². The zero-order chi connectivity index (χ0) is 27.0. The number of pyridine rings is 2. The fraction of sp³-hybridized carbons (Fsp3) is 0.321. The van der Waals surface area contributed by atoms with Gasteiger partial charge in [-0.15, -0.1) is 0 Å². The highest BCUT2D eigenvalue weighted by Gasteiger charge is 2.31. The van der Waals surface area contributed by atoms with Gasteiger partial charge in [-0.05, 0) is 54.8 Å². The summed E-state index contributed by atoms with van der Waals surface area (Å²) in [4.78, 5) is 51.3. The monoisotopic (exact) mass is 515 g/mol. The van der Waals surface area contributed by atoms with Crippen molar-refractivity contribution in [2.75, 3.05) is 36.5 Å². The molecule has 0 unspecified atom stereocenters. The van der Waals surface area contributed by atoms with Gasteiger partial charge in [-0.1, -0.05) is 0 Å². The first-order valence-electron chi connectivity index (χ1n) is 12.6. The number of carbonyl (C=O) groups is 3. The lowest BCUT2D eigenvalue weighted by Crippen LogP contribution is -2.35. The van der Waals surface area contributed by atoms with Gasteiger partial charge >= 0.3 is 5.97 Å². The Labute approximate surface area is 220 Å². The van der Waals surface area contributed by atoms with E-state index in [2.05, 4.69) is 9.97 Å². The highest BCUT2D eigenvalue weighted by molar-refractivity contribution is 6.12. The maximum absolute atomic E-state index is 13.4. The Bertz CT molecular complexity index is 1440. The normalized spacial score (nSPS) is 14.4. The molecule has 0 aliphatic carbocycles. The van der Waals surface area contributed by atoms with Gasteiger partial charge in [0.1, 0.15) is 11.6 Å². The minimum atomic E-state index is -1.03. The van der Waals surface area contributed by atoms with Crippen LogP contribution >= 0.6 is 0 Å². The molecular weight excluding hydrogens is 486 g/mol. The van der Waals surface area contributed by atoms with Gasteiger partial charge in [-0.2, -0.15) is 0 Å². The molecule has 2 aliphatic heterocycles. The number of carboxylic acids is 1. The van der Waals surface area contributed by atoms with E-state index in [1.165, 1.54) is 13.0 Å². The van der Waals surface area contributed by atoms with Gasteiger partial charge in [0.15, 0.2) is 5.82 Å². The van der Waals surface area contributed by atoms with E-state index < -0.39 is 5.97 Å². The Morgan fingerprint density at radius 3 is 2.68 bits per heavy atom. The van der Waals surface area contributed by atoms with E-state index in [0.29, 0.717) is 61.1 Å². The first-order valence-corrected chi connectivity index (χ1v) is 12.6. The third-order valence-corrected chi connectivity index (χ3v) is 7.11. The number of ether oxygens (including phenoxy) is 1. The van der Waals surface area contributed by atoms with E-state index in [9.17, 15) is 19.5 Å². The number of anilines is 3.